The van der Waals surface area contributed by atoms with Gasteiger partial charge in [0.15, 0.2) is 6.04 Å². The molecule has 5 amide bonds. The number of carbonyl (C=O) groups excluding carboxylic acids is 6. The number of fused-ring (bicyclic) bond motifs is 4. The Bertz CT molecular complexity index is 1680. The number of hydrogen-bond donors (Lipinski definition) is 5. The maximum atomic E-state index is 14.4. The lowest BCUT2D eigenvalue weighted by atomic mass is 9.83. The molecule has 290 valence electrons. The molecule has 4 bridgehead atoms. The molecule has 2 unspecified atom stereocenters. The number of Topliss-reactive ketones (excluding diaryl/α,β-unsaturated/α-hetero) is 1. The number of amides is 5. The lowest BCUT2D eigenvalue weighted by molar-refractivity contribution is -0.144. The second kappa shape index (κ2) is 19.1. The number of carbonyl (C=O) groups is 7. The normalized spacial score (nSPS) is 21.9. The highest BCUT2D eigenvalue weighted by Crippen LogP contribution is 2.30. The molecular formula is C39H49N5O10. The SMILES string of the molecule is CCCC(NC(=O)C1C[C@@H]2CN1C(=O)[C@H](C1CCCCC1)NC(=O)Cc1cccc(c1)OCCO2)C(=O)C(=O)NCC(=O)N[C@H](C(=O)O)c1ccccc1. The molecule has 3 aliphatic rings. The van der Waals surface area contributed by atoms with Crippen LogP contribution in [0.4, 0.5) is 0 Å². The summed E-state index contributed by atoms with van der Waals surface area (Å²) in [5, 5.41) is 19.8. The van der Waals surface area contributed by atoms with Gasteiger partial charge in [0.25, 0.3) is 5.91 Å². The second-order valence-corrected chi connectivity index (χ2v) is 14.0. The molecule has 54 heavy (non-hydrogen) atoms. The third-order valence-electron chi connectivity index (χ3n) is 10.0. The first-order chi connectivity index (χ1) is 26.0. The van der Waals surface area contributed by atoms with Crippen molar-refractivity contribution in [1.29, 1.82) is 0 Å². The summed E-state index contributed by atoms with van der Waals surface area (Å²) in [6, 6.07) is 10.6. The van der Waals surface area contributed by atoms with Gasteiger partial charge in [-0.2, -0.15) is 0 Å². The van der Waals surface area contributed by atoms with E-state index < -0.39 is 72.2 Å². The monoisotopic (exact) mass is 747 g/mol. The van der Waals surface area contributed by atoms with Crippen molar-refractivity contribution in [1.82, 2.24) is 26.2 Å². The summed E-state index contributed by atoms with van der Waals surface area (Å²) in [5.41, 5.74) is 1.05. The summed E-state index contributed by atoms with van der Waals surface area (Å²) in [5.74, 6) is -5.21. The highest BCUT2D eigenvalue weighted by atomic mass is 16.5. The lowest BCUT2D eigenvalue weighted by Gasteiger charge is -2.35. The van der Waals surface area contributed by atoms with Crippen LogP contribution in [0.1, 0.15) is 75.5 Å². The van der Waals surface area contributed by atoms with Crippen LogP contribution < -0.4 is 26.0 Å². The Morgan fingerprint density at radius 1 is 0.963 bits per heavy atom. The molecule has 2 aromatic carbocycles. The molecule has 15 nitrogen and oxygen atoms in total. The zero-order valence-corrected chi connectivity index (χ0v) is 30.4. The van der Waals surface area contributed by atoms with E-state index in [4.69, 9.17) is 9.47 Å². The van der Waals surface area contributed by atoms with Gasteiger partial charge < -0.3 is 40.7 Å². The van der Waals surface area contributed by atoms with Crippen molar-refractivity contribution in [2.24, 2.45) is 5.92 Å². The Labute approximate surface area is 313 Å². The van der Waals surface area contributed by atoms with Gasteiger partial charge in [-0.05, 0) is 48.4 Å². The molecule has 0 aromatic heterocycles. The maximum Gasteiger partial charge on any atom is 0.330 e. The van der Waals surface area contributed by atoms with Gasteiger partial charge in [0.2, 0.25) is 29.4 Å². The molecule has 2 aromatic rings. The molecule has 0 radical (unpaired) electrons. The largest absolute Gasteiger partial charge is 0.491 e. The first-order valence-electron chi connectivity index (χ1n) is 18.7. The average Bonchev–Trinajstić information content (AvgIpc) is 3.61. The van der Waals surface area contributed by atoms with Crippen LogP contribution in [0.15, 0.2) is 54.6 Å². The Morgan fingerprint density at radius 2 is 1.72 bits per heavy atom. The highest BCUT2D eigenvalue weighted by molar-refractivity contribution is 6.38. The van der Waals surface area contributed by atoms with Crippen LogP contribution in [0.3, 0.4) is 0 Å². The number of nitrogens with zero attached hydrogens (tertiary/aromatic N) is 1. The predicted octanol–water partition coefficient (Wildman–Crippen LogP) is 1.59. The summed E-state index contributed by atoms with van der Waals surface area (Å²) in [7, 11) is 0. The second-order valence-electron chi connectivity index (χ2n) is 14.0. The molecule has 0 spiro atoms. The van der Waals surface area contributed by atoms with E-state index in [1.165, 1.54) is 17.0 Å². The van der Waals surface area contributed by atoms with E-state index in [2.05, 4.69) is 21.3 Å². The molecule has 5 atom stereocenters. The number of carboxylic acid groups (broad SMARTS) is 1. The lowest BCUT2D eigenvalue weighted by Crippen LogP contribution is -2.58. The Hall–Kier alpha value is -5.31. The minimum absolute atomic E-state index is 0.0362. The van der Waals surface area contributed by atoms with Gasteiger partial charge in [0.05, 0.1) is 31.7 Å². The number of aliphatic carboxylic acids is 1. The molecule has 5 rings (SSSR count). The number of carboxylic acids is 1. The van der Waals surface area contributed by atoms with E-state index in [1.807, 2.05) is 6.07 Å². The summed E-state index contributed by atoms with van der Waals surface area (Å²) in [4.78, 5) is 93.9. The van der Waals surface area contributed by atoms with Gasteiger partial charge in [-0.3, -0.25) is 28.8 Å². The Balaban J connectivity index is 1.28. The molecule has 15 heteroatoms. The molecule has 1 aliphatic carbocycles. The van der Waals surface area contributed by atoms with Gasteiger partial charge in [-0.1, -0.05) is 75.1 Å². The van der Waals surface area contributed by atoms with Crippen LogP contribution in [0, 0.1) is 5.92 Å². The Kier molecular flexibility index (Phi) is 14.1. The molecular weight excluding hydrogens is 698 g/mol. The van der Waals surface area contributed by atoms with E-state index >= 15 is 0 Å². The zero-order valence-electron chi connectivity index (χ0n) is 30.4. The van der Waals surface area contributed by atoms with Crippen molar-refractivity contribution >= 4 is 41.3 Å². The summed E-state index contributed by atoms with van der Waals surface area (Å²) in [6.45, 7) is 1.54. The molecule has 2 fully saturated rings. The van der Waals surface area contributed by atoms with E-state index in [0.29, 0.717) is 17.7 Å². The number of benzene rings is 2. The summed E-state index contributed by atoms with van der Waals surface area (Å²) >= 11 is 0. The highest BCUT2D eigenvalue weighted by Gasteiger charge is 2.45. The van der Waals surface area contributed by atoms with Gasteiger partial charge in [-0.15, -0.1) is 0 Å². The maximum absolute atomic E-state index is 14.4. The minimum atomic E-state index is -1.37. The fraction of sp³-hybridized carbons (Fsp3) is 0.513. The van der Waals surface area contributed by atoms with Crippen molar-refractivity contribution in [2.75, 3.05) is 26.3 Å². The smallest absolute Gasteiger partial charge is 0.330 e. The number of ether oxygens (including phenoxy) is 2. The number of hydrogen-bond acceptors (Lipinski definition) is 9. The van der Waals surface area contributed by atoms with Crippen LogP contribution in [0.2, 0.25) is 0 Å². The molecule has 1 saturated carbocycles. The fourth-order valence-electron chi connectivity index (χ4n) is 7.34. The van der Waals surface area contributed by atoms with Gasteiger partial charge >= 0.3 is 5.97 Å². The molecule has 1 saturated heterocycles. The van der Waals surface area contributed by atoms with Crippen molar-refractivity contribution in [3.63, 3.8) is 0 Å². The van der Waals surface area contributed by atoms with Crippen LogP contribution in [-0.4, -0.2) is 102 Å². The van der Waals surface area contributed by atoms with Crippen LogP contribution in [0.25, 0.3) is 0 Å². The predicted molar refractivity (Wildman–Crippen MR) is 194 cm³/mol. The summed E-state index contributed by atoms with van der Waals surface area (Å²) in [6.07, 6.45) is 4.47. The van der Waals surface area contributed by atoms with Crippen LogP contribution in [0.5, 0.6) is 5.75 Å². The van der Waals surface area contributed by atoms with Crippen molar-refractivity contribution < 1.29 is 48.1 Å². The standard InChI is InChI=1S/C39H49N5O10/c1-2-10-29(35(47)37(49)40-22-32(46)43-34(39(51)52)26-14-7-4-8-15-26)41-36(48)30-21-28-23-44(30)38(50)33(25-12-5-3-6-13-25)42-31(45)20-24-11-9-16-27(19-24)53-17-18-54-28/h4,7-9,11,14-16,19,25,28-30,33-34H,2-3,5-6,10,12-13,17-18,20-23H2,1H3,(H,40,49)(H,41,48)(H,42,45)(H,43,46)(H,51,52)/t28-,29?,30?,33+,34+/m1/s1. The third kappa shape index (κ3) is 10.6. The topological polar surface area (TPSA) is 210 Å². The van der Waals surface area contributed by atoms with Crippen molar-refractivity contribution in [2.45, 2.75) is 95.0 Å². The molecule has 5 N–H and O–H groups in total. The van der Waals surface area contributed by atoms with E-state index in [-0.39, 0.29) is 50.8 Å². The minimum Gasteiger partial charge on any atom is -0.491 e. The number of ketones is 1. The quantitative estimate of drug-likeness (QED) is 0.198. The van der Waals surface area contributed by atoms with Crippen LogP contribution >= 0.6 is 0 Å². The summed E-state index contributed by atoms with van der Waals surface area (Å²) < 4.78 is 11.9. The third-order valence-corrected chi connectivity index (χ3v) is 10.0. The first-order valence-corrected chi connectivity index (χ1v) is 18.7. The molecule has 2 heterocycles. The van der Waals surface area contributed by atoms with E-state index in [1.54, 1.807) is 43.3 Å². The van der Waals surface area contributed by atoms with Crippen molar-refractivity contribution in [3.05, 3.63) is 65.7 Å². The van der Waals surface area contributed by atoms with Crippen LogP contribution in [-0.2, 0) is 44.7 Å². The van der Waals surface area contributed by atoms with Gasteiger partial charge in [0, 0.05) is 13.0 Å². The van der Waals surface area contributed by atoms with Crippen molar-refractivity contribution in [3.8, 4) is 5.75 Å². The number of nitrogens with one attached hydrogen (secondary N) is 4. The fourth-order valence-corrected chi connectivity index (χ4v) is 7.34. The van der Waals surface area contributed by atoms with E-state index in [9.17, 15) is 38.7 Å². The zero-order chi connectivity index (χ0) is 38.6. The van der Waals surface area contributed by atoms with Gasteiger partial charge in [0.1, 0.15) is 24.4 Å². The van der Waals surface area contributed by atoms with Gasteiger partial charge in [-0.25, -0.2) is 4.79 Å². The first kappa shape index (κ1) is 39.9. The number of rotatable bonds is 12. The van der Waals surface area contributed by atoms with E-state index in [0.717, 1.165) is 37.7 Å². The average molecular weight is 748 g/mol. The Morgan fingerprint density at radius 3 is 2.44 bits per heavy atom. The molecule has 2 aliphatic heterocycles.